The fourth-order valence-corrected chi connectivity index (χ4v) is 20.3. The first-order valence-corrected chi connectivity index (χ1v) is 39.9. The lowest BCUT2D eigenvalue weighted by atomic mass is 9.48. The second kappa shape index (κ2) is 31.9. The van der Waals surface area contributed by atoms with Gasteiger partial charge in [0.25, 0.3) is 0 Å². The Kier molecular flexibility index (Phi) is 23.8. The largest absolute Gasteiger partial charge is 0.509 e. The van der Waals surface area contributed by atoms with Crippen molar-refractivity contribution in [1.29, 1.82) is 0 Å². The molecule has 4 saturated carbocycles. The van der Waals surface area contributed by atoms with Crippen molar-refractivity contribution in [3.63, 3.8) is 0 Å². The van der Waals surface area contributed by atoms with Crippen molar-refractivity contribution in [2.24, 2.45) is 11.8 Å². The summed E-state index contributed by atoms with van der Waals surface area (Å²) in [6.45, 7) is 18.0. The van der Waals surface area contributed by atoms with E-state index in [-0.39, 0.29) is 24.3 Å². The number of carbonyl (C=O) groups excluding carboxylic acids is 1. The molecule has 2 spiro atoms. The summed E-state index contributed by atoms with van der Waals surface area (Å²) in [4.78, 5) is 20.6. The minimum atomic E-state index is -0.919. The molecule has 512 valence electrons. The summed E-state index contributed by atoms with van der Waals surface area (Å²) in [5.74, 6) is 3.16. The maximum absolute atomic E-state index is 15.3. The molecule has 10 atom stereocenters. The summed E-state index contributed by atoms with van der Waals surface area (Å²) in [6.07, 6.45) is 54.9. The molecule has 4 bridgehead atoms. The van der Waals surface area contributed by atoms with E-state index in [2.05, 4.69) is 61.1 Å². The fourth-order valence-electron chi connectivity index (χ4n) is 20.3. The number of carbonyl (C=O) groups is 1. The predicted molar refractivity (Wildman–Crippen MR) is 375 cm³/mol. The van der Waals surface area contributed by atoms with Crippen LogP contribution in [-0.2, 0) is 33.1 Å². The van der Waals surface area contributed by atoms with E-state index in [0.29, 0.717) is 25.7 Å². The number of likely N-dealkylation sites (tertiary alicyclic amines) is 2. The van der Waals surface area contributed by atoms with E-state index in [1.807, 2.05) is 0 Å². The zero-order valence-electron chi connectivity index (χ0n) is 58.4. The number of ether oxygens (including phenoxy) is 4. The van der Waals surface area contributed by atoms with Crippen LogP contribution >= 0.6 is 0 Å². The van der Waals surface area contributed by atoms with Gasteiger partial charge in [-0.05, 0) is 150 Å². The normalized spacial score (nSPS) is 28.8. The topological polar surface area (TPSA) is 101 Å². The number of benzene rings is 2. The monoisotopic (exact) mass is 1260 g/mol. The molecule has 4 unspecified atom stereocenters. The van der Waals surface area contributed by atoms with Crippen molar-refractivity contribution < 1.29 is 34.0 Å². The average molecular weight is 1270 g/mol. The average Bonchev–Trinajstić information content (AvgIpc) is 0.911. The van der Waals surface area contributed by atoms with Crippen LogP contribution in [0.15, 0.2) is 48.6 Å². The standard InChI is InChI=1S/C83H128N2O7/c1-5-7-9-11-13-15-17-19-21-23-25-27-29-31-33-35-37-39-69(67-47-45-65-57-71-82(87)51-49-61(3)77-80(82,73(65)75(67)91-77)53-55-84(71)59-63-41-42-63)89-79(86)90-70(40-38-36-34-32-30-28-26-24-22-20-18-16-14-12-10-8-6-2)68-48-46-66-58-72-83(88)52-50-62(4)78-81(83,74(66)76(68)92-78)54-56-85(72)60-64-43-44-64/h45-48,63-64,69-72,77-78,87-88H,3-44,49-60H2,1-2H3/t69?,70?,71?,72?,77-,78-,80-,81-,82+,83+/m0/s1. The van der Waals surface area contributed by atoms with Crippen LogP contribution in [0.4, 0.5) is 4.79 Å². The Hall–Kier alpha value is -3.37. The van der Waals surface area contributed by atoms with Gasteiger partial charge in [0, 0.05) is 47.4 Å². The van der Waals surface area contributed by atoms with Crippen molar-refractivity contribution in [3.05, 3.63) is 82.0 Å². The van der Waals surface area contributed by atoms with Crippen LogP contribution in [-0.4, -0.2) is 87.8 Å². The number of unbranched alkanes of at least 4 members (excludes halogenated alkanes) is 32. The van der Waals surface area contributed by atoms with Gasteiger partial charge < -0.3 is 29.2 Å². The zero-order chi connectivity index (χ0) is 63.6. The molecule has 6 fully saturated rings. The van der Waals surface area contributed by atoms with E-state index in [1.165, 1.54) is 241 Å². The Morgan fingerprint density at radius 1 is 0.478 bits per heavy atom. The number of hydrogen-bond acceptors (Lipinski definition) is 9. The van der Waals surface area contributed by atoms with Crippen LogP contribution in [0.3, 0.4) is 0 Å². The molecule has 12 rings (SSSR count). The van der Waals surface area contributed by atoms with E-state index in [1.54, 1.807) is 0 Å². The molecule has 2 aromatic carbocycles. The summed E-state index contributed by atoms with van der Waals surface area (Å²) in [7, 11) is 0. The SMILES string of the molecule is C=C1CC[C@@]2(O)C3Cc4ccc(C(CCCCCCCCCCCCCCCCCCC)OC(=O)OC(CCCCCCCCCCCCCCCCCCC)c5ccc6c7c5O[C@H]5C(=C)CC[C@@]8(O)C(C6)N(CC6CC6)CC[C@]758)c5c4[C@@]2(CCN3CC2CC2)[C@H]1O5. The summed E-state index contributed by atoms with van der Waals surface area (Å²) in [5.41, 5.74) is 5.92. The number of rotatable bonds is 44. The second-order valence-corrected chi connectivity index (χ2v) is 32.3. The Bertz CT molecular complexity index is 2570. The summed E-state index contributed by atoms with van der Waals surface area (Å²) in [6, 6.07) is 9.16. The van der Waals surface area contributed by atoms with Crippen molar-refractivity contribution in [2.45, 2.75) is 381 Å². The Labute approximate surface area is 559 Å². The molecule has 4 aliphatic heterocycles. The molecule has 6 aliphatic carbocycles. The number of hydrogen-bond donors (Lipinski definition) is 2. The highest BCUT2D eigenvalue weighted by molar-refractivity contribution is 5.67. The summed E-state index contributed by atoms with van der Waals surface area (Å²) >= 11 is 0. The predicted octanol–water partition coefficient (Wildman–Crippen LogP) is 20.9. The van der Waals surface area contributed by atoms with Gasteiger partial charge in [-0.1, -0.05) is 257 Å². The van der Waals surface area contributed by atoms with Gasteiger partial charge in [0.05, 0.1) is 22.0 Å². The maximum Gasteiger partial charge on any atom is 0.509 e. The minimum absolute atomic E-state index is 0.0545. The van der Waals surface area contributed by atoms with Crippen molar-refractivity contribution in [3.8, 4) is 11.5 Å². The Balaban J connectivity index is 0.746. The summed E-state index contributed by atoms with van der Waals surface area (Å²) < 4.78 is 28.5. The van der Waals surface area contributed by atoms with Crippen molar-refractivity contribution in [2.75, 3.05) is 26.2 Å². The van der Waals surface area contributed by atoms with Crippen LogP contribution in [0.25, 0.3) is 0 Å². The van der Waals surface area contributed by atoms with Crippen molar-refractivity contribution in [1.82, 2.24) is 9.80 Å². The molecular weight excluding hydrogens is 1140 g/mol. The van der Waals surface area contributed by atoms with Gasteiger partial charge in [-0.25, -0.2) is 4.79 Å². The third-order valence-electron chi connectivity index (χ3n) is 25.8. The highest BCUT2D eigenvalue weighted by atomic mass is 16.7. The Morgan fingerprint density at radius 3 is 1.11 bits per heavy atom. The van der Waals surface area contributed by atoms with Gasteiger partial charge in [0.2, 0.25) is 0 Å². The van der Waals surface area contributed by atoms with Gasteiger partial charge in [-0.15, -0.1) is 0 Å². The van der Waals surface area contributed by atoms with E-state index in [0.717, 1.165) is 136 Å². The highest BCUT2D eigenvalue weighted by Crippen LogP contribution is 2.68. The molecule has 0 aromatic heterocycles. The first-order chi connectivity index (χ1) is 45.0. The second-order valence-electron chi connectivity index (χ2n) is 32.3. The zero-order valence-corrected chi connectivity index (χ0v) is 58.4. The smallest absolute Gasteiger partial charge is 0.484 e. The Morgan fingerprint density at radius 2 is 0.793 bits per heavy atom. The van der Waals surface area contributed by atoms with E-state index in [4.69, 9.17) is 18.9 Å². The minimum Gasteiger partial charge on any atom is -0.484 e. The van der Waals surface area contributed by atoms with E-state index >= 15 is 4.79 Å². The third-order valence-corrected chi connectivity index (χ3v) is 25.8. The van der Waals surface area contributed by atoms with E-state index < -0.39 is 40.4 Å². The number of piperidine rings is 2. The first kappa shape index (κ1) is 68.6. The fraction of sp³-hybridized carbons (Fsp3) is 0.795. The molecule has 2 saturated heterocycles. The molecule has 9 nitrogen and oxygen atoms in total. The molecule has 2 N–H and O–H groups in total. The molecule has 92 heavy (non-hydrogen) atoms. The lowest BCUT2D eigenvalue weighted by Crippen LogP contribution is -2.75. The molecule has 2 aromatic rings. The molecule has 9 heteroatoms. The molecular formula is C83H128N2O7. The van der Waals surface area contributed by atoms with Gasteiger partial charge in [0.15, 0.2) is 0 Å². The highest BCUT2D eigenvalue weighted by Gasteiger charge is 2.73. The van der Waals surface area contributed by atoms with Gasteiger partial charge in [-0.3, -0.25) is 9.80 Å². The lowest BCUT2D eigenvalue weighted by Gasteiger charge is -2.63. The van der Waals surface area contributed by atoms with Crippen LogP contribution < -0.4 is 9.47 Å². The van der Waals surface area contributed by atoms with Crippen LogP contribution in [0.5, 0.6) is 11.5 Å². The number of nitrogens with zero attached hydrogens (tertiary/aromatic N) is 2. The molecule has 0 radical (unpaired) electrons. The van der Waals surface area contributed by atoms with Crippen molar-refractivity contribution >= 4 is 6.16 Å². The molecule has 0 amide bonds. The van der Waals surface area contributed by atoms with Crippen LogP contribution in [0.1, 0.15) is 355 Å². The number of aliphatic hydroxyl groups is 2. The lowest BCUT2D eigenvalue weighted by molar-refractivity contribution is -0.174. The molecule has 4 heterocycles. The van der Waals surface area contributed by atoms with Gasteiger partial charge >= 0.3 is 6.16 Å². The van der Waals surface area contributed by atoms with Gasteiger partial charge in [-0.2, -0.15) is 0 Å². The van der Waals surface area contributed by atoms with Crippen LogP contribution in [0, 0.1) is 11.8 Å². The molecule has 10 aliphatic rings. The van der Waals surface area contributed by atoms with Crippen LogP contribution in [0.2, 0.25) is 0 Å². The maximum atomic E-state index is 15.3. The first-order valence-electron chi connectivity index (χ1n) is 39.9. The van der Waals surface area contributed by atoms with Gasteiger partial charge in [0.1, 0.15) is 35.9 Å². The summed E-state index contributed by atoms with van der Waals surface area (Å²) in [5, 5.41) is 26.8. The van der Waals surface area contributed by atoms with E-state index in [9.17, 15) is 10.2 Å². The quantitative estimate of drug-likeness (QED) is 0.0382. The third kappa shape index (κ3) is 14.6.